The van der Waals surface area contributed by atoms with Crippen LogP contribution in [0, 0.1) is 0 Å². The maximum absolute atomic E-state index is 9.27. The Kier molecular flexibility index (Phi) is 3.90. The van der Waals surface area contributed by atoms with Gasteiger partial charge in [0.2, 0.25) is 0 Å². The molecular weight excluding hydrogens is 238 g/mol. The molecule has 1 heterocycles. The lowest BCUT2D eigenvalue weighted by atomic mass is 10.0. The Labute approximate surface area is 114 Å². The van der Waals surface area contributed by atoms with E-state index >= 15 is 0 Å². The smallest absolute Gasteiger partial charge is 0.115 e. The Morgan fingerprint density at radius 3 is 2.58 bits per heavy atom. The highest BCUT2D eigenvalue weighted by molar-refractivity contribution is 5.26. The highest BCUT2D eigenvalue weighted by atomic mass is 16.3. The van der Waals surface area contributed by atoms with E-state index in [0.717, 1.165) is 13.0 Å². The highest BCUT2D eigenvalue weighted by Crippen LogP contribution is 2.19. The topological polar surface area (TPSA) is 50.1 Å². The molecule has 4 nitrogen and oxygen atoms in total. The van der Waals surface area contributed by atoms with Gasteiger partial charge in [-0.3, -0.25) is 0 Å². The number of imidazole rings is 1. The Balaban J connectivity index is 2.08. The lowest BCUT2D eigenvalue weighted by Crippen LogP contribution is -2.35. The summed E-state index contributed by atoms with van der Waals surface area (Å²) in [5.41, 5.74) is 2.29. The second kappa shape index (κ2) is 5.45. The van der Waals surface area contributed by atoms with Gasteiger partial charge >= 0.3 is 0 Å². The van der Waals surface area contributed by atoms with Gasteiger partial charge in [0.25, 0.3) is 0 Å². The fourth-order valence-corrected chi connectivity index (χ4v) is 2.06. The molecule has 0 atom stereocenters. The Morgan fingerprint density at radius 2 is 1.95 bits per heavy atom. The van der Waals surface area contributed by atoms with Crippen molar-refractivity contribution in [1.29, 1.82) is 0 Å². The summed E-state index contributed by atoms with van der Waals surface area (Å²) in [6.07, 6.45) is 4.70. The quantitative estimate of drug-likeness (QED) is 0.866. The molecule has 0 aliphatic heterocycles. The second-order valence-corrected chi connectivity index (χ2v) is 5.26. The van der Waals surface area contributed by atoms with Crippen LogP contribution in [0.1, 0.15) is 25.1 Å². The molecule has 0 saturated carbocycles. The van der Waals surface area contributed by atoms with Crippen LogP contribution in [0.5, 0.6) is 5.75 Å². The zero-order valence-corrected chi connectivity index (χ0v) is 11.7. The second-order valence-electron chi connectivity index (χ2n) is 5.26. The largest absolute Gasteiger partial charge is 0.508 e. The van der Waals surface area contributed by atoms with Crippen molar-refractivity contribution in [2.75, 3.05) is 7.05 Å². The van der Waals surface area contributed by atoms with E-state index < -0.39 is 0 Å². The number of phenols is 1. The summed E-state index contributed by atoms with van der Waals surface area (Å²) >= 11 is 0. The van der Waals surface area contributed by atoms with Crippen molar-refractivity contribution in [2.24, 2.45) is 0 Å². The van der Waals surface area contributed by atoms with Crippen LogP contribution in [0.15, 0.2) is 36.8 Å². The molecule has 1 aromatic carbocycles. The van der Waals surface area contributed by atoms with Crippen molar-refractivity contribution in [3.05, 3.63) is 48.0 Å². The third-order valence-corrected chi connectivity index (χ3v) is 3.56. The van der Waals surface area contributed by atoms with Gasteiger partial charge in [-0.25, -0.2) is 4.98 Å². The molecule has 0 spiro atoms. The maximum atomic E-state index is 9.27. The van der Waals surface area contributed by atoms with Crippen LogP contribution in [0.4, 0.5) is 0 Å². The highest BCUT2D eigenvalue weighted by Gasteiger charge is 2.21. The third kappa shape index (κ3) is 3.15. The van der Waals surface area contributed by atoms with Crippen molar-refractivity contribution in [3.8, 4) is 5.75 Å². The summed E-state index contributed by atoms with van der Waals surface area (Å²) in [6.45, 7) is 5.16. The number of rotatable bonds is 5. The van der Waals surface area contributed by atoms with Crippen molar-refractivity contribution in [1.82, 2.24) is 14.9 Å². The van der Waals surface area contributed by atoms with E-state index in [4.69, 9.17) is 0 Å². The lowest BCUT2D eigenvalue weighted by molar-refractivity contribution is 0.408. The summed E-state index contributed by atoms with van der Waals surface area (Å²) in [5.74, 6) is 0.309. The third-order valence-electron chi connectivity index (χ3n) is 3.56. The Bertz CT molecular complexity index is 529. The Hall–Kier alpha value is -1.81. The zero-order chi connectivity index (χ0) is 13.9. The van der Waals surface area contributed by atoms with Gasteiger partial charge < -0.3 is 15.0 Å². The number of hydrogen-bond acceptors (Lipinski definition) is 3. The maximum Gasteiger partial charge on any atom is 0.115 e. The summed E-state index contributed by atoms with van der Waals surface area (Å²) in [6, 6.07) is 7.35. The molecule has 0 aliphatic rings. The lowest BCUT2D eigenvalue weighted by Gasteiger charge is -2.25. The molecule has 102 valence electrons. The average Bonchev–Trinajstić information content (AvgIpc) is 2.87. The van der Waals surface area contributed by atoms with Crippen LogP contribution in [0.2, 0.25) is 0 Å². The van der Waals surface area contributed by atoms with E-state index in [1.54, 1.807) is 12.1 Å². The minimum Gasteiger partial charge on any atom is -0.508 e. The molecule has 2 rings (SSSR count). The predicted octanol–water partition coefficient (Wildman–Crippen LogP) is 2.29. The number of nitrogens with zero attached hydrogens (tertiary/aromatic N) is 2. The normalized spacial score (nSPS) is 11.7. The molecule has 0 aliphatic carbocycles. The van der Waals surface area contributed by atoms with Crippen LogP contribution >= 0.6 is 0 Å². The van der Waals surface area contributed by atoms with Crippen molar-refractivity contribution in [2.45, 2.75) is 32.4 Å². The molecule has 0 radical (unpaired) electrons. The van der Waals surface area contributed by atoms with Gasteiger partial charge in [-0.05, 0) is 45.0 Å². The monoisotopic (exact) mass is 259 g/mol. The first-order valence-corrected chi connectivity index (χ1v) is 6.50. The predicted molar refractivity (Wildman–Crippen MR) is 76.1 cm³/mol. The fraction of sp³-hybridized carbons (Fsp3) is 0.400. The van der Waals surface area contributed by atoms with Crippen LogP contribution in [-0.2, 0) is 18.5 Å². The summed E-state index contributed by atoms with van der Waals surface area (Å²) in [7, 11) is 1.96. The van der Waals surface area contributed by atoms with Crippen LogP contribution in [0.25, 0.3) is 0 Å². The van der Waals surface area contributed by atoms with Crippen LogP contribution in [-0.4, -0.2) is 21.7 Å². The zero-order valence-electron chi connectivity index (χ0n) is 11.7. The first-order valence-electron chi connectivity index (χ1n) is 6.50. The van der Waals surface area contributed by atoms with Crippen LogP contribution in [0.3, 0.4) is 0 Å². The summed E-state index contributed by atoms with van der Waals surface area (Å²) < 4.78 is 2.17. The van der Waals surface area contributed by atoms with E-state index in [0.29, 0.717) is 5.75 Å². The molecule has 4 heteroatoms. The van der Waals surface area contributed by atoms with Gasteiger partial charge in [-0.15, -0.1) is 0 Å². The number of aromatic nitrogens is 2. The molecular formula is C15H21N3O. The van der Waals surface area contributed by atoms with E-state index in [1.807, 2.05) is 31.7 Å². The molecule has 0 fully saturated rings. The first kappa shape index (κ1) is 13.6. The van der Waals surface area contributed by atoms with Gasteiger partial charge in [0.05, 0.1) is 17.6 Å². The molecule has 19 heavy (non-hydrogen) atoms. The number of hydrogen-bond donors (Lipinski definition) is 2. The number of aryl methyl sites for hydroxylation is 2. The summed E-state index contributed by atoms with van der Waals surface area (Å²) in [4.78, 5) is 4.25. The average molecular weight is 259 g/mol. The summed E-state index contributed by atoms with van der Waals surface area (Å²) in [5, 5.41) is 12.6. The molecule has 1 aromatic heterocycles. The van der Waals surface area contributed by atoms with E-state index in [1.165, 1.54) is 11.3 Å². The molecule has 0 unspecified atom stereocenters. The Morgan fingerprint density at radius 1 is 1.26 bits per heavy atom. The van der Waals surface area contributed by atoms with Crippen molar-refractivity contribution < 1.29 is 5.11 Å². The van der Waals surface area contributed by atoms with E-state index in [9.17, 15) is 5.11 Å². The molecule has 0 amide bonds. The van der Waals surface area contributed by atoms with Crippen LogP contribution < -0.4 is 5.32 Å². The molecule has 0 saturated heterocycles. The van der Waals surface area contributed by atoms with Crippen molar-refractivity contribution in [3.63, 3.8) is 0 Å². The van der Waals surface area contributed by atoms with Crippen molar-refractivity contribution >= 4 is 0 Å². The number of aromatic hydroxyl groups is 1. The minimum atomic E-state index is -0.0918. The number of nitrogens with one attached hydrogen (secondary N) is 1. The molecule has 0 bridgehead atoms. The fourth-order valence-electron chi connectivity index (χ4n) is 2.06. The minimum absolute atomic E-state index is 0.0918. The van der Waals surface area contributed by atoms with Gasteiger partial charge in [0.1, 0.15) is 5.75 Å². The van der Waals surface area contributed by atoms with Gasteiger partial charge in [-0.1, -0.05) is 12.1 Å². The van der Waals surface area contributed by atoms with Gasteiger partial charge in [-0.2, -0.15) is 0 Å². The standard InChI is InChI=1S/C15H21N3O/c1-15(2,16-3)14-10-17-11-18(14)9-8-12-4-6-13(19)7-5-12/h4-7,10-11,16,19H,8-9H2,1-3H3. The van der Waals surface area contributed by atoms with E-state index in [2.05, 4.69) is 28.7 Å². The SMILES string of the molecule is CNC(C)(C)c1cncn1CCc1ccc(O)cc1. The number of benzene rings is 1. The van der Waals surface area contributed by atoms with Gasteiger partial charge in [0, 0.05) is 12.7 Å². The van der Waals surface area contributed by atoms with E-state index in [-0.39, 0.29) is 5.54 Å². The molecule has 2 N–H and O–H groups in total. The first-order chi connectivity index (χ1) is 9.03. The number of phenolic OH excluding ortho intramolecular Hbond substituents is 1. The molecule has 2 aromatic rings. The van der Waals surface area contributed by atoms with Gasteiger partial charge in [0.15, 0.2) is 0 Å².